The number of carbonyl (C=O) groups is 1. The molecule has 0 aliphatic carbocycles. The lowest BCUT2D eigenvalue weighted by molar-refractivity contribution is -0.384. The second-order valence-electron chi connectivity index (χ2n) is 8.88. The lowest BCUT2D eigenvalue weighted by Crippen LogP contribution is -2.17. The number of hydrogen-bond donors (Lipinski definition) is 1. The van der Waals surface area contributed by atoms with Crippen LogP contribution in [0.25, 0.3) is 0 Å². The van der Waals surface area contributed by atoms with E-state index < -0.39 is 4.92 Å². The standard InChI is InChI=1S/C25H31N5O4S/c1-15(2)19-8-11-21(12-9-19)34-18(6)24-27-28-25(29(24)16(3)4)35-14-23(31)26-22-13-20(30(32)33)10-7-17(22)5/h7-13,15-16,18H,14H2,1-6H3,(H,26,31). The Balaban J connectivity index is 1.69. The number of nitro benzene ring substituents is 1. The van der Waals surface area contributed by atoms with Gasteiger partial charge >= 0.3 is 0 Å². The molecule has 1 N–H and O–H groups in total. The average Bonchev–Trinajstić information content (AvgIpc) is 3.24. The molecule has 1 amide bonds. The number of non-ortho nitro benzene ring substituents is 1. The van der Waals surface area contributed by atoms with Crippen molar-refractivity contribution in [2.24, 2.45) is 0 Å². The summed E-state index contributed by atoms with van der Waals surface area (Å²) in [4.78, 5) is 23.1. The molecule has 1 unspecified atom stereocenters. The van der Waals surface area contributed by atoms with E-state index in [1.54, 1.807) is 13.0 Å². The molecule has 0 fully saturated rings. The second kappa shape index (κ2) is 11.4. The van der Waals surface area contributed by atoms with Gasteiger partial charge < -0.3 is 14.6 Å². The van der Waals surface area contributed by atoms with Crippen molar-refractivity contribution in [3.8, 4) is 5.75 Å². The van der Waals surface area contributed by atoms with Crippen LogP contribution < -0.4 is 10.1 Å². The Morgan fingerprint density at radius 2 is 1.80 bits per heavy atom. The van der Waals surface area contributed by atoms with Gasteiger partial charge in [-0.1, -0.05) is 43.8 Å². The van der Waals surface area contributed by atoms with Gasteiger partial charge in [0.05, 0.1) is 16.4 Å². The highest BCUT2D eigenvalue weighted by Gasteiger charge is 2.22. The van der Waals surface area contributed by atoms with E-state index in [1.165, 1.54) is 29.5 Å². The number of rotatable bonds is 10. The van der Waals surface area contributed by atoms with Gasteiger partial charge in [-0.3, -0.25) is 14.9 Å². The molecule has 0 saturated carbocycles. The Hall–Kier alpha value is -3.40. The first kappa shape index (κ1) is 26.2. The topological polar surface area (TPSA) is 112 Å². The number of aromatic nitrogens is 3. The Morgan fingerprint density at radius 3 is 2.40 bits per heavy atom. The zero-order valence-corrected chi connectivity index (χ0v) is 21.6. The van der Waals surface area contributed by atoms with Crippen LogP contribution in [-0.2, 0) is 4.79 Å². The summed E-state index contributed by atoms with van der Waals surface area (Å²) < 4.78 is 8.08. The Labute approximate surface area is 209 Å². The van der Waals surface area contributed by atoms with E-state index >= 15 is 0 Å². The Morgan fingerprint density at radius 1 is 1.11 bits per heavy atom. The minimum atomic E-state index is -0.488. The molecule has 3 aromatic rings. The van der Waals surface area contributed by atoms with Crippen molar-refractivity contribution in [2.75, 3.05) is 11.1 Å². The molecular weight excluding hydrogens is 466 g/mol. The maximum absolute atomic E-state index is 12.6. The van der Waals surface area contributed by atoms with Gasteiger partial charge in [0.25, 0.3) is 5.69 Å². The molecule has 3 rings (SSSR count). The third kappa shape index (κ3) is 6.60. The number of aryl methyl sites for hydroxylation is 1. The van der Waals surface area contributed by atoms with E-state index in [1.807, 2.05) is 37.5 Å². The predicted octanol–water partition coefficient (Wildman–Crippen LogP) is 6.07. The Bertz CT molecular complexity index is 1190. The average molecular weight is 498 g/mol. The maximum atomic E-state index is 12.6. The zero-order chi connectivity index (χ0) is 25.7. The van der Waals surface area contributed by atoms with Crippen LogP contribution in [0.5, 0.6) is 5.75 Å². The van der Waals surface area contributed by atoms with Gasteiger partial charge in [-0.2, -0.15) is 0 Å². The first-order chi connectivity index (χ1) is 16.6. The zero-order valence-electron chi connectivity index (χ0n) is 20.8. The lowest BCUT2D eigenvalue weighted by atomic mass is 10.0. The van der Waals surface area contributed by atoms with E-state index in [0.29, 0.717) is 22.6 Å². The molecule has 186 valence electrons. The van der Waals surface area contributed by atoms with Gasteiger partial charge in [0.15, 0.2) is 17.1 Å². The van der Waals surface area contributed by atoms with Crippen molar-refractivity contribution >= 4 is 29.0 Å². The van der Waals surface area contributed by atoms with Gasteiger partial charge in [-0.15, -0.1) is 10.2 Å². The van der Waals surface area contributed by atoms with Crippen LogP contribution in [-0.4, -0.2) is 31.3 Å². The fourth-order valence-corrected chi connectivity index (χ4v) is 4.39. The highest BCUT2D eigenvalue weighted by molar-refractivity contribution is 7.99. The number of anilines is 1. The Kier molecular flexibility index (Phi) is 8.50. The van der Waals surface area contributed by atoms with Gasteiger partial charge in [0.1, 0.15) is 5.75 Å². The third-order valence-corrected chi connectivity index (χ3v) is 6.41. The molecule has 1 heterocycles. The van der Waals surface area contributed by atoms with Crippen LogP contribution in [0.2, 0.25) is 0 Å². The summed E-state index contributed by atoms with van der Waals surface area (Å²) in [5.41, 5.74) is 2.33. The summed E-state index contributed by atoms with van der Waals surface area (Å²) in [7, 11) is 0. The summed E-state index contributed by atoms with van der Waals surface area (Å²) in [5, 5.41) is 23.0. The van der Waals surface area contributed by atoms with Crippen molar-refractivity contribution in [3.05, 3.63) is 69.5 Å². The van der Waals surface area contributed by atoms with E-state index in [2.05, 4.69) is 41.5 Å². The molecule has 9 nitrogen and oxygen atoms in total. The van der Waals surface area contributed by atoms with E-state index in [0.717, 1.165) is 11.3 Å². The SMILES string of the molecule is Cc1ccc([N+](=O)[O-])cc1NC(=O)CSc1nnc(C(C)Oc2ccc(C(C)C)cc2)n1C(C)C. The van der Waals surface area contributed by atoms with Gasteiger partial charge in [0, 0.05) is 18.2 Å². The summed E-state index contributed by atoms with van der Waals surface area (Å²) in [5.74, 6) is 1.67. The molecule has 35 heavy (non-hydrogen) atoms. The van der Waals surface area contributed by atoms with Crippen molar-refractivity contribution in [1.82, 2.24) is 14.8 Å². The van der Waals surface area contributed by atoms with Crippen LogP contribution in [0, 0.1) is 17.0 Å². The predicted molar refractivity (Wildman–Crippen MR) is 137 cm³/mol. The number of ether oxygens (including phenoxy) is 1. The van der Waals surface area contributed by atoms with Crippen LogP contribution in [0.4, 0.5) is 11.4 Å². The molecule has 0 bridgehead atoms. The molecule has 0 spiro atoms. The number of carbonyl (C=O) groups excluding carboxylic acids is 1. The fourth-order valence-electron chi connectivity index (χ4n) is 3.51. The molecule has 1 atom stereocenters. The smallest absolute Gasteiger partial charge is 0.271 e. The van der Waals surface area contributed by atoms with Crippen LogP contribution >= 0.6 is 11.8 Å². The fraction of sp³-hybridized carbons (Fsp3) is 0.400. The minimum absolute atomic E-state index is 0.0546. The van der Waals surface area contributed by atoms with Crippen LogP contribution in [0.1, 0.15) is 69.6 Å². The van der Waals surface area contributed by atoms with Crippen molar-refractivity contribution < 1.29 is 14.5 Å². The number of benzene rings is 2. The number of nitro groups is 1. The molecule has 0 aliphatic rings. The molecule has 0 radical (unpaired) electrons. The lowest BCUT2D eigenvalue weighted by Gasteiger charge is -2.19. The first-order valence-electron chi connectivity index (χ1n) is 11.5. The van der Waals surface area contributed by atoms with E-state index in [4.69, 9.17) is 4.74 Å². The van der Waals surface area contributed by atoms with Crippen LogP contribution in [0.15, 0.2) is 47.6 Å². The maximum Gasteiger partial charge on any atom is 0.271 e. The normalized spacial score (nSPS) is 12.1. The van der Waals surface area contributed by atoms with E-state index in [-0.39, 0.29) is 29.5 Å². The molecule has 0 saturated heterocycles. The molecule has 2 aromatic carbocycles. The molecule has 1 aromatic heterocycles. The summed E-state index contributed by atoms with van der Waals surface area (Å²) >= 11 is 1.26. The van der Waals surface area contributed by atoms with Gasteiger partial charge in [-0.25, -0.2) is 0 Å². The molecule has 0 aliphatic heterocycles. The van der Waals surface area contributed by atoms with Crippen molar-refractivity contribution in [1.29, 1.82) is 0 Å². The number of hydrogen-bond acceptors (Lipinski definition) is 7. The second-order valence-corrected chi connectivity index (χ2v) is 9.82. The highest BCUT2D eigenvalue weighted by Crippen LogP contribution is 2.29. The summed E-state index contributed by atoms with van der Waals surface area (Å²) in [6.07, 6.45) is -0.342. The first-order valence-corrected chi connectivity index (χ1v) is 12.4. The molecular formula is C25H31N5O4S. The minimum Gasteiger partial charge on any atom is -0.483 e. The third-order valence-electron chi connectivity index (χ3n) is 5.47. The largest absolute Gasteiger partial charge is 0.483 e. The van der Waals surface area contributed by atoms with Crippen molar-refractivity contribution in [3.63, 3.8) is 0 Å². The number of thioether (sulfide) groups is 1. The quantitative estimate of drug-likeness (QED) is 0.205. The molecule has 10 heteroatoms. The monoisotopic (exact) mass is 497 g/mol. The van der Waals surface area contributed by atoms with Crippen molar-refractivity contribution in [2.45, 2.75) is 64.8 Å². The number of nitrogens with one attached hydrogen (secondary N) is 1. The van der Waals surface area contributed by atoms with Crippen LogP contribution in [0.3, 0.4) is 0 Å². The highest BCUT2D eigenvalue weighted by atomic mass is 32.2. The van der Waals surface area contributed by atoms with Gasteiger partial charge in [0.2, 0.25) is 5.91 Å². The van der Waals surface area contributed by atoms with E-state index in [9.17, 15) is 14.9 Å². The number of nitrogens with zero attached hydrogens (tertiary/aromatic N) is 4. The summed E-state index contributed by atoms with van der Waals surface area (Å²) in [6.45, 7) is 12.0. The number of amides is 1. The summed E-state index contributed by atoms with van der Waals surface area (Å²) in [6, 6.07) is 12.5. The van der Waals surface area contributed by atoms with Gasteiger partial charge in [-0.05, 0) is 56.9 Å².